The van der Waals surface area contributed by atoms with Crippen molar-refractivity contribution in [3.05, 3.63) is 89.4 Å². The lowest BCUT2D eigenvalue weighted by Crippen LogP contribution is -2.26. The molecule has 2 aromatic heterocycles. The Labute approximate surface area is 196 Å². The molecule has 1 aliphatic rings. The molecule has 6 nitrogen and oxygen atoms in total. The average molecular weight is 457 g/mol. The van der Waals surface area contributed by atoms with E-state index in [-0.39, 0.29) is 17.7 Å². The molecule has 0 aliphatic heterocycles. The van der Waals surface area contributed by atoms with Crippen molar-refractivity contribution in [3.8, 4) is 16.3 Å². The summed E-state index contributed by atoms with van der Waals surface area (Å²) < 4.78 is 1.86. The standard InChI is InChI=1S/C26H24N4O2S/c1-29(26(32)19-7-5-8-21(15-19)27-25(31)18-12-13-18)16-20-17-30(22-9-3-2-4-10-22)28-24(20)23-11-6-14-33-23/h2-11,14-15,17-18H,12-13,16H2,1H3,(H,27,31). The predicted octanol–water partition coefficient (Wildman–Crippen LogP) is 5.22. The van der Waals surface area contributed by atoms with Gasteiger partial charge in [0.15, 0.2) is 0 Å². The van der Waals surface area contributed by atoms with Gasteiger partial charge in [0.25, 0.3) is 5.91 Å². The Bertz CT molecular complexity index is 1280. The monoisotopic (exact) mass is 456 g/mol. The third-order valence-corrected chi connectivity index (χ3v) is 6.52. The SMILES string of the molecule is CN(Cc1cn(-c2ccccc2)nc1-c1cccs1)C(=O)c1cccc(NC(=O)C2CC2)c1. The highest BCUT2D eigenvalue weighted by atomic mass is 32.1. The largest absolute Gasteiger partial charge is 0.337 e. The van der Waals surface area contributed by atoms with Crippen molar-refractivity contribution >= 4 is 28.8 Å². The lowest BCUT2D eigenvalue weighted by Gasteiger charge is -2.17. The third kappa shape index (κ3) is 4.73. The molecule has 33 heavy (non-hydrogen) atoms. The molecular formula is C26H24N4O2S. The zero-order chi connectivity index (χ0) is 22.8. The summed E-state index contributed by atoms with van der Waals surface area (Å²) in [7, 11) is 1.79. The summed E-state index contributed by atoms with van der Waals surface area (Å²) in [6.45, 7) is 0.414. The van der Waals surface area contributed by atoms with Crippen LogP contribution in [0.2, 0.25) is 0 Å². The van der Waals surface area contributed by atoms with Crippen LogP contribution in [0.5, 0.6) is 0 Å². The number of benzene rings is 2. The van der Waals surface area contributed by atoms with Gasteiger partial charge in [0.2, 0.25) is 5.91 Å². The number of hydrogen-bond acceptors (Lipinski definition) is 4. The van der Waals surface area contributed by atoms with E-state index in [0.717, 1.165) is 34.7 Å². The van der Waals surface area contributed by atoms with E-state index in [1.165, 1.54) is 0 Å². The van der Waals surface area contributed by atoms with Gasteiger partial charge in [0, 0.05) is 42.5 Å². The van der Waals surface area contributed by atoms with Gasteiger partial charge in [-0.3, -0.25) is 9.59 Å². The minimum atomic E-state index is -0.109. The van der Waals surface area contributed by atoms with Crippen LogP contribution in [-0.4, -0.2) is 33.5 Å². The number of para-hydroxylation sites is 1. The topological polar surface area (TPSA) is 67.2 Å². The highest BCUT2D eigenvalue weighted by Crippen LogP contribution is 2.31. The van der Waals surface area contributed by atoms with Crippen LogP contribution in [0.15, 0.2) is 78.3 Å². The molecule has 0 spiro atoms. The highest BCUT2D eigenvalue weighted by molar-refractivity contribution is 7.13. The first-order valence-corrected chi connectivity index (χ1v) is 11.8. The summed E-state index contributed by atoms with van der Waals surface area (Å²) in [5.41, 5.74) is 4.01. The lowest BCUT2D eigenvalue weighted by molar-refractivity contribution is -0.117. The van der Waals surface area contributed by atoms with Gasteiger partial charge in [-0.2, -0.15) is 5.10 Å². The van der Waals surface area contributed by atoms with Crippen molar-refractivity contribution in [2.24, 2.45) is 5.92 Å². The predicted molar refractivity (Wildman–Crippen MR) is 130 cm³/mol. The number of hydrogen-bond donors (Lipinski definition) is 1. The van der Waals surface area contributed by atoms with Gasteiger partial charge < -0.3 is 10.2 Å². The quantitative estimate of drug-likeness (QED) is 0.415. The molecule has 7 heteroatoms. The fraction of sp³-hybridized carbons (Fsp3) is 0.192. The van der Waals surface area contributed by atoms with Crippen molar-refractivity contribution < 1.29 is 9.59 Å². The maximum atomic E-state index is 13.2. The van der Waals surface area contributed by atoms with E-state index >= 15 is 0 Å². The Morgan fingerprint density at radius 3 is 2.64 bits per heavy atom. The molecule has 1 fully saturated rings. The number of anilines is 1. The summed E-state index contributed by atoms with van der Waals surface area (Å²) in [5.74, 6) is 0.0350. The highest BCUT2D eigenvalue weighted by Gasteiger charge is 2.29. The normalized spacial score (nSPS) is 13.0. The van der Waals surface area contributed by atoms with Gasteiger partial charge in [-0.15, -0.1) is 11.3 Å². The van der Waals surface area contributed by atoms with Crippen LogP contribution in [-0.2, 0) is 11.3 Å². The molecule has 2 aromatic carbocycles. The Hall–Kier alpha value is -3.71. The Kier molecular flexibility index (Phi) is 5.79. The maximum Gasteiger partial charge on any atom is 0.253 e. The Morgan fingerprint density at radius 2 is 1.91 bits per heavy atom. The van der Waals surface area contributed by atoms with Crippen molar-refractivity contribution in [1.29, 1.82) is 0 Å². The zero-order valence-corrected chi connectivity index (χ0v) is 19.1. The van der Waals surface area contributed by atoms with Gasteiger partial charge in [0.1, 0.15) is 5.69 Å². The molecule has 0 radical (unpaired) electrons. The van der Waals surface area contributed by atoms with E-state index in [4.69, 9.17) is 5.10 Å². The molecule has 0 atom stereocenters. The first-order chi connectivity index (χ1) is 16.1. The number of amides is 2. The van der Waals surface area contributed by atoms with Crippen LogP contribution in [0.1, 0.15) is 28.8 Å². The second-order valence-electron chi connectivity index (χ2n) is 8.27. The molecule has 0 unspecified atom stereocenters. The Morgan fingerprint density at radius 1 is 1.09 bits per heavy atom. The molecule has 4 aromatic rings. The summed E-state index contributed by atoms with van der Waals surface area (Å²) >= 11 is 1.63. The first-order valence-electron chi connectivity index (χ1n) is 10.9. The molecular weight excluding hydrogens is 432 g/mol. The third-order valence-electron chi connectivity index (χ3n) is 5.64. The Balaban J connectivity index is 1.38. The first kappa shape index (κ1) is 21.2. The lowest BCUT2D eigenvalue weighted by atomic mass is 10.1. The van der Waals surface area contributed by atoms with Crippen LogP contribution in [0.3, 0.4) is 0 Å². The van der Waals surface area contributed by atoms with Crippen molar-refractivity contribution in [2.45, 2.75) is 19.4 Å². The average Bonchev–Trinajstić information content (AvgIpc) is 3.39. The molecule has 1 aliphatic carbocycles. The zero-order valence-electron chi connectivity index (χ0n) is 18.3. The molecule has 0 bridgehead atoms. The fourth-order valence-corrected chi connectivity index (χ4v) is 4.47. The fourth-order valence-electron chi connectivity index (χ4n) is 3.73. The summed E-state index contributed by atoms with van der Waals surface area (Å²) in [6, 6.07) is 21.1. The molecule has 1 N–H and O–H groups in total. The van der Waals surface area contributed by atoms with Crippen LogP contribution >= 0.6 is 11.3 Å². The molecule has 1 saturated carbocycles. The van der Waals surface area contributed by atoms with Crippen molar-refractivity contribution in [1.82, 2.24) is 14.7 Å². The number of nitrogens with one attached hydrogen (secondary N) is 1. The second kappa shape index (κ2) is 9.03. The number of carbonyl (C=O) groups is 2. The minimum Gasteiger partial charge on any atom is -0.337 e. The molecule has 166 valence electrons. The van der Waals surface area contributed by atoms with E-state index in [0.29, 0.717) is 17.8 Å². The van der Waals surface area contributed by atoms with E-state index in [1.807, 2.05) is 64.8 Å². The molecule has 2 heterocycles. The van der Waals surface area contributed by atoms with Crippen LogP contribution in [0, 0.1) is 5.92 Å². The van der Waals surface area contributed by atoms with E-state index < -0.39 is 0 Å². The number of aromatic nitrogens is 2. The van der Waals surface area contributed by atoms with Crippen LogP contribution < -0.4 is 5.32 Å². The van der Waals surface area contributed by atoms with Crippen molar-refractivity contribution in [3.63, 3.8) is 0 Å². The summed E-state index contributed by atoms with van der Waals surface area (Å²) in [6.07, 6.45) is 3.87. The van der Waals surface area contributed by atoms with Crippen LogP contribution in [0.4, 0.5) is 5.69 Å². The minimum absolute atomic E-state index is 0.0295. The number of carbonyl (C=O) groups excluding carboxylic acids is 2. The number of thiophene rings is 1. The van der Waals surface area contributed by atoms with Gasteiger partial charge in [-0.25, -0.2) is 4.68 Å². The van der Waals surface area contributed by atoms with Gasteiger partial charge in [0.05, 0.1) is 10.6 Å². The second-order valence-corrected chi connectivity index (χ2v) is 9.21. The van der Waals surface area contributed by atoms with Gasteiger partial charge in [-0.1, -0.05) is 30.3 Å². The number of nitrogens with zero attached hydrogens (tertiary/aromatic N) is 3. The molecule has 2 amide bonds. The maximum absolute atomic E-state index is 13.2. The van der Waals surface area contributed by atoms with E-state index in [1.54, 1.807) is 41.5 Å². The summed E-state index contributed by atoms with van der Waals surface area (Å²) in [4.78, 5) is 28.0. The molecule has 5 rings (SSSR count). The summed E-state index contributed by atoms with van der Waals surface area (Å²) in [5, 5.41) is 9.76. The van der Waals surface area contributed by atoms with Crippen LogP contribution in [0.25, 0.3) is 16.3 Å². The molecule has 0 saturated heterocycles. The van der Waals surface area contributed by atoms with Gasteiger partial charge in [-0.05, 0) is 54.6 Å². The van der Waals surface area contributed by atoms with Crippen molar-refractivity contribution in [2.75, 3.05) is 12.4 Å². The van der Waals surface area contributed by atoms with E-state index in [9.17, 15) is 9.59 Å². The smallest absolute Gasteiger partial charge is 0.253 e. The number of rotatable bonds is 7. The van der Waals surface area contributed by atoms with Gasteiger partial charge >= 0.3 is 0 Å². The van der Waals surface area contributed by atoms with E-state index in [2.05, 4.69) is 5.32 Å².